The topological polar surface area (TPSA) is 46.5 Å². The molecule has 0 unspecified atom stereocenters. The highest BCUT2D eigenvalue weighted by Gasteiger charge is 2.47. The Bertz CT molecular complexity index is 504. The van der Waals surface area contributed by atoms with Crippen LogP contribution in [-0.4, -0.2) is 18.2 Å². The zero-order valence-corrected chi connectivity index (χ0v) is 10.3. The molecule has 0 aromatic heterocycles. The number of hydrogen-bond acceptors (Lipinski definition) is 2. The predicted molar refractivity (Wildman–Crippen MR) is 61.2 cm³/mol. The van der Waals surface area contributed by atoms with Gasteiger partial charge < -0.3 is 9.84 Å². The molecule has 0 heterocycles. The molecule has 1 aliphatic rings. The number of alkyl halides is 3. The Labute approximate surface area is 108 Å². The van der Waals surface area contributed by atoms with Gasteiger partial charge in [0.15, 0.2) is 0 Å². The standard InChI is InChI=1S/C13H13F3O3/c1-19-10-7-8(3-4-9(10)13(14,15)16)12(11(17)18)5-2-6-12/h3-4,7H,2,5-6H2,1H3,(H,17,18). The minimum atomic E-state index is -4.51. The third kappa shape index (κ3) is 2.15. The molecular weight excluding hydrogens is 261 g/mol. The van der Waals surface area contributed by atoms with E-state index in [4.69, 9.17) is 4.74 Å². The van der Waals surface area contributed by atoms with Gasteiger partial charge in [0.2, 0.25) is 0 Å². The molecule has 0 aliphatic heterocycles. The minimum absolute atomic E-state index is 0.336. The number of hydrogen-bond donors (Lipinski definition) is 1. The minimum Gasteiger partial charge on any atom is -0.496 e. The van der Waals surface area contributed by atoms with Crippen LogP contribution in [0.25, 0.3) is 0 Å². The van der Waals surface area contributed by atoms with Crippen molar-refractivity contribution >= 4 is 5.97 Å². The van der Waals surface area contributed by atoms with Gasteiger partial charge in [-0.15, -0.1) is 0 Å². The molecule has 0 bridgehead atoms. The SMILES string of the molecule is COc1cc(C2(C(=O)O)CCC2)ccc1C(F)(F)F. The molecule has 0 radical (unpaired) electrons. The molecule has 3 nitrogen and oxygen atoms in total. The van der Waals surface area contributed by atoms with E-state index >= 15 is 0 Å². The number of carboxylic acid groups (broad SMARTS) is 1. The highest BCUT2D eigenvalue weighted by atomic mass is 19.4. The first-order valence-corrected chi connectivity index (χ1v) is 5.80. The third-order valence-corrected chi connectivity index (χ3v) is 3.68. The summed E-state index contributed by atoms with van der Waals surface area (Å²) in [6, 6.07) is 3.31. The fourth-order valence-corrected chi connectivity index (χ4v) is 2.38. The molecule has 1 saturated carbocycles. The molecule has 2 rings (SSSR count). The first-order valence-electron chi connectivity index (χ1n) is 5.80. The highest BCUT2D eigenvalue weighted by Crippen LogP contribution is 2.46. The summed E-state index contributed by atoms with van der Waals surface area (Å²) in [5.41, 5.74) is -1.58. The predicted octanol–water partition coefficient (Wildman–Crippen LogP) is 3.22. The zero-order chi connectivity index (χ0) is 14.3. The van der Waals surface area contributed by atoms with Crippen LogP contribution in [0.4, 0.5) is 13.2 Å². The molecule has 1 aliphatic carbocycles. The van der Waals surface area contributed by atoms with Crippen LogP contribution in [0.15, 0.2) is 18.2 Å². The van der Waals surface area contributed by atoms with E-state index in [1.165, 1.54) is 12.1 Å². The number of carbonyl (C=O) groups is 1. The average molecular weight is 274 g/mol. The van der Waals surface area contributed by atoms with Crippen LogP contribution in [0.5, 0.6) is 5.75 Å². The fraction of sp³-hybridized carbons (Fsp3) is 0.462. The van der Waals surface area contributed by atoms with E-state index in [0.29, 0.717) is 18.4 Å². The van der Waals surface area contributed by atoms with E-state index in [2.05, 4.69) is 0 Å². The van der Waals surface area contributed by atoms with Crippen molar-refractivity contribution in [2.75, 3.05) is 7.11 Å². The Morgan fingerprint density at radius 3 is 2.37 bits per heavy atom. The van der Waals surface area contributed by atoms with Crippen LogP contribution >= 0.6 is 0 Å². The molecule has 19 heavy (non-hydrogen) atoms. The van der Waals surface area contributed by atoms with Crippen LogP contribution in [0.2, 0.25) is 0 Å². The van der Waals surface area contributed by atoms with E-state index in [9.17, 15) is 23.1 Å². The van der Waals surface area contributed by atoms with Gasteiger partial charge in [-0.3, -0.25) is 4.79 Å². The summed E-state index contributed by atoms with van der Waals surface area (Å²) in [7, 11) is 1.14. The van der Waals surface area contributed by atoms with Crippen LogP contribution in [0.1, 0.15) is 30.4 Å². The van der Waals surface area contributed by atoms with Gasteiger partial charge in [-0.2, -0.15) is 13.2 Å². The second-order valence-corrected chi connectivity index (χ2v) is 4.65. The van der Waals surface area contributed by atoms with Crippen LogP contribution in [0, 0.1) is 0 Å². The monoisotopic (exact) mass is 274 g/mol. The van der Waals surface area contributed by atoms with Gasteiger partial charge in [-0.05, 0) is 30.5 Å². The quantitative estimate of drug-likeness (QED) is 0.920. The van der Waals surface area contributed by atoms with Gasteiger partial charge >= 0.3 is 12.1 Å². The summed E-state index contributed by atoms with van der Waals surface area (Å²) in [6.07, 6.45) is -2.87. The smallest absolute Gasteiger partial charge is 0.419 e. The van der Waals surface area contributed by atoms with E-state index < -0.39 is 23.1 Å². The summed E-state index contributed by atoms with van der Waals surface area (Å²) in [4.78, 5) is 11.3. The molecular formula is C13H13F3O3. The van der Waals surface area contributed by atoms with Crippen LogP contribution < -0.4 is 4.74 Å². The molecule has 6 heteroatoms. The number of rotatable bonds is 3. The Balaban J connectivity index is 2.48. The highest BCUT2D eigenvalue weighted by molar-refractivity contribution is 5.82. The Morgan fingerprint density at radius 2 is 2.00 bits per heavy atom. The summed E-state index contributed by atoms with van der Waals surface area (Å²) in [5.74, 6) is -1.34. The first-order chi connectivity index (χ1) is 8.81. The molecule has 1 N–H and O–H groups in total. The van der Waals surface area contributed by atoms with Crippen molar-refractivity contribution < 1.29 is 27.8 Å². The lowest BCUT2D eigenvalue weighted by molar-refractivity contribution is -0.147. The number of aliphatic carboxylic acids is 1. The summed E-state index contributed by atoms with van der Waals surface area (Å²) in [5, 5.41) is 9.27. The van der Waals surface area contributed by atoms with Crippen molar-refractivity contribution in [2.24, 2.45) is 0 Å². The van der Waals surface area contributed by atoms with E-state index in [-0.39, 0.29) is 5.75 Å². The maximum absolute atomic E-state index is 12.7. The maximum Gasteiger partial charge on any atom is 0.419 e. The summed E-state index contributed by atoms with van der Waals surface area (Å²) >= 11 is 0. The molecule has 0 amide bonds. The van der Waals surface area contributed by atoms with Crippen molar-refractivity contribution in [3.63, 3.8) is 0 Å². The Morgan fingerprint density at radius 1 is 1.37 bits per heavy atom. The number of halogens is 3. The number of benzene rings is 1. The zero-order valence-electron chi connectivity index (χ0n) is 10.3. The molecule has 1 fully saturated rings. The molecule has 1 aromatic carbocycles. The lowest BCUT2D eigenvalue weighted by atomic mass is 9.64. The van der Waals surface area contributed by atoms with Gasteiger partial charge in [-0.25, -0.2) is 0 Å². The van der Waals surface area contributed by atoms with Gasteiger partial charge in [0.25, 0.3) is 0 Å². The van der Waals surface area contributed by atoms with Crippen molar-refractivity contribution in [3.8, 4) is 5.75 Å². The van der Waals surface area contributed by atoms with Gasteiger partial charge in [0.1, 0.15) is 5.75 Å². The Kier molecular flexibility index (Phi) is 3.20. The number of ether oxygens (including phenoxy) is 1. The lowest BCUT2D eigenvalue weighted by Crippen LogP contribution is -2.42. The third-order valence-electron chi connectivity index (χ3n) is 3.68. The second kappa shape index (κ2) is 4.43. The molecule has 0 saturated heterocycles. The summed E-state index contributed by atoms with van der Waals surface area (Å²) < 4.78 is 42.9. The lowest BCUT2D eigenvalue weighted by Gasteiger charge is -2.38. The fourth-order valence-electron chi connectivity index (χ4n) is 2.38. The normalized spacial score (nSPS) is 17.7. The largest absolute Gasteiger partial charge is 0.496 e. The van der Waals surface area contributed by atoms with Gasteiger partial charge in [0.05, 0.1) is 18.1 Å². The number of carboxylic acids is 1. The van der Waals surface area contributed by atoms with E-state index in [1.807, 2.05) is 0 Å². The van der Waals surface area contributed by atoms with Gasteiger partial charge in [0, 0.05) is 0 Å². The van der Waals surface area contributed by atoms with Crippen molar-refractivity contribution in [1.29, 1.82) is 0 Å². The molecule has 0 spiro atoms. The van der Waals surface area contributed by atoms with Gasteiger partial charge in [-0.1, -0.05) is 12.5 Å². The average Bonchev–Trinajstić information content (AvgIpc) is 2.25. The van der Waals surface area contributed by atoms with Crippen molar-refractivity contribution in [3.05, 3.63) is 29.3 Å². The molecule has 104 valence electrons. The second-order valence-electron chi connectivity index (χ2n) is 4.65. The molecule has 0 atom stereocenters. The van der Waals surface area contributed by atoms with Crippen LogP contribution in [0.3, 0.4) is 0 Å². The van der Waals surface area contributed by atoms with E-state index in [0.717, 1.165) is 19.6 Å². The van der Waals surface area contributed by atoms with Crippen molar-refractivity contribution in [1.82, 2.24) is 0 Å². The maximum atomic E-state index is 12.7. The first kappa shape index (κ1) is 13.7. The van der Waals surface area contributed by atoms with Crippen molar-refractivity contribution in [2.45, 2.75) is 30.9 Å². The Hall–Kier alpha value is -1.72. The van der Waals surface area contributed by atoms with E-state index in [1.54, 1.807) is 0 Å². The number of methoxy groups -OCH3 is 1. The summed E-state index contributed by atoms with van der Waals surface area (Å²) in [6.45, 7) is 0. The van der Waals surface area contributed by atoms with Crippen LogP contribution in [-0.2, 0) is 16.4 Å². The molecule has 1 aromatic rings.